The number of likely N-dealkylation sites (N-methyl/N-ethyl adjacent to an activating group) is 1. The van der Waals surface area contributed by atoms with Gasteiger partial charge in [-0.2, -0.15) is 0 Å². The summed E-state index contributed by atoms with van der Waals surface area (Å²) in [6.45, 7) is 11.4. The van der Waals surface area contributed by atoms with E-state index in [9.17, 15) is 0 Å². The smallest absolute Gasteiger partial charge is 0.0510 e. The summed E-state index contributed by atoms with van der Waals surface area (Å²) in [5, 5.41) is 3.64. The highest BCUT2D eigenvalue weighted by Crippen LogP contribution is 2.21. The van der Waals surface area contributed by atoms with Crippen LogP contribution in [0, 0.1) is 11.8 Å². The molecule has 16 heavy (non-hydrogen) atoms. The van der Waals surface area contributed by atoms with Crippen molar-refractivity contribution in [2.24, 2.45) is 11.8 Å². The molecule has 2 aliphatic heterocycles. The van der Waals surface area contributed by atoms with Crippen molar-refractivity contribution >= 4 is 0 Å². The number of likely N-dealkylation sites (tertiary alicyclic amines) is 1. The van der Waals surface area contributed by atoms with Crippen LogP contribution >= 0.6 is 0 Å². The van der Waals surface area contributed by atoms with Crippen LogP contribution in [0.3, 0.4) is 0 Å². The molecule has 0 radical (unpaired) electrons. The molecule has 0 amide bonds. The SMILES string of the molecule is CCNC(CN1CCC(C)C1)C1CCOC1. The minimum Gasteiger partial charge on any atom is -0.381 e. The molecule has 2 aliphatic rings. The molecule has 2 rings (SSSR count). The quantitative estimate of drug-likeness (QED) is 0.766. The number of rotatable bonds is 5. The van der Waals surface area contributed by atoms with Crippen LogP contribution in [-0.2, 0) is 4.74 Å². The van der Waals surface area contributed by atoms with Crippen molar-refractivity contribution in [1.82, 2.24) is 10.2 Å². The molecule has 1 N–H and O–H groups in total. The molecule has 0 aromatic rings. The van der Waals surface area contributed by atoms with Gasteiger partial charge in [0.1, 0.15) is 0 Å². The first-order valence-electron chi connectivity index (χ1n) is 6.83. The summed E-state index contributed by atoms with van der Waals surface area (Å²) >= 11 is 0. The molecule has 2 saturated heterocycles. The van der Waals surface area contributed by atoms with Gasteiger partial charge in [-0.05, 0) is 31.8 Å². The standard InChI is InChI=1S/C13H26N2O/c1-3-14-13(12-5-7-16-10-12)9-15-6-4-11(2)8-15/h11-14H,3-10H2,1-2H3. The van der Waals surface area contributed by atoms with Crippen molar-refractivity contribution in [3.8, 4) is 0 Å². The molecule has 0 saturated carbocycles. The molecule has 3 heteroatoms. The second kappa shape index (κ2) is 5.99. The molecule has 3 unspecified atom stereocenters. The van der Waals surface area contributed by atoms with Crippen LogP contribution in [0.1, 0.15) is 26.7 Å². The number of nitrogens with one attached hydrogen (secondary N) is 1. The molecule has 2 heterocycles. The lowest BCUT2D eigenvalue weighted by molar-refractivity contribution is 0.166. The molecular formula is C13H26N2O. The highest BCUT2D eigenvalue weighted by molar-refractivity contribution is 4.84. The summed E-state index contributed by atoms with van der Waals surface area (Å²) in [7, 11) is 0. The zero-order chi connectivity index (χ0) is 11.4. The molecule has 2 fully saturated rings. The lowest BCUT2D eigenvalue weighted by Gasteiger charge is -2.28. The van der Waals surface area contributed by atoms with Crippen molar-refractivity contribution in [2.75, 3.05) is 39.4 Å². The van der Waals surface area contributed by atoms with Gasteiger partial charge in [0.15, 0.2) is 0 Å². The third kappa shape index (κ3) is 3.19. The Bertz CT molecular complexity index is 204. The van der Waals surface area contributed by atoms with E-state index in [-0.39, 0.29) is 0 Å². The van der Waals surface area contributed by atoms with E-state index in [1.54, 1.807) is 0 Å². The fourth-order valence-electron chi connectivity index (χ4n) is 2.98. The molecule has 0 spiro atoms. The van der Waals surface area contributed by atoms with E-state index < -0.39 is 0 Å². The number of hydrogen-bond acceptors (Lipinski definition) is 3. The molecule has 0 aliphatic carbocycles. The van der Waals surface area contributed by atoms with Gasteiger partial charge in [-0.3, -0.25) is 0 Å². The Morgan fingerprint density at radius 1 is 1.44 bits per heavy atom. The Labute approximate surface area is 99.5 Å². The maximum atomic E-state index is 5.51. The van der Waals surface area contributed by atoms with Crippen molar-refractivity contribution < 1.29 is 4.74 Å². The van der Waals surface area contributed by atoms with Gasteiger partial charge in [-0.1, -0.05) is 13.8 Å². The van der Waals surface area contributed by atoms with Gasteiger partial charge in [0.05, 0.1) is 6.61 Å². The molecule has 94 valence electrons. The van der Waals surface area contributed by atoms with Gasteiger partial charge < -0.3 is 15.0 Å². The molecular weight excluding hydrogens is 200 g/mol. The summed E-state index contributed by atoms with van der Waals surface area (Å²) in [5.41, 5.74) is 0. The second-order valence-corrected chi connectivity index (χ2v) is 5.44. The zero-order valence-electron chi connectivity index (χ0n) is 10.7. The molecule has 0 aromatic carbocycles. The maximum Gasteiger partial charge on any atom is 0.0510 e. The fourth-order valence-corrected chi connectivity index (χ4v) is 2.98. The normalized spacial score (nSPS) is 33.4. The lowest BCUT2D eigenvalue weighted by atomic mass is 9.98. The van der Waals surface area contributed by atoms with Crippen LogP contribution in [0.4, 0.5) is 0 Å². The lowest BCUT2D eigenvalue weighted by Crippen LogP contribution is -2.45. The van der Waals surface area contributed by atoms with Crippen LogP contribution in [0.25, 0.3) is 0 Å². The number of nitrogens with zero attached hydrogens (tertiary/aromatic N) is 1. The summed E-state index contributed by atoms with van der Waals surface area (Å²) in [5.74, 6) is 1.62. The highest BCUT2D eigenvalue weighted by Gasteiger charge is 2.28. The average molecular weight is 226 g/mol. The fraction of sp³-hybridized carbons (Fsp3) is 1.00. The van der Waals surface area contributed by atoms with Crippen molar-refractivity contribution in [1.29, 1.82) is 0 Å². The van der Waals surface area contributed by atoms with Crippen LogP contribution in [0.15, 0.2) is 0 Å². The largest absolute Gasteiger partial charge is 0.381 e. The maximum absolute atomic E-state index is 5.51. The van der Waals surface area contributed by atoms with Crippen LogP contribution in [-0.4, -0.2) is 50.3 Å². The van der Waals surface area contributed by atoms with E-state index in [0.717, 1.165) is 31.6 Å². The summed E-state index contributed by atoms with van der Waals surface area (Å²) in [6.07, 6.45) is 2.61. The minimum absolute atomic E-state index is 0.637. The van der Waals surface area contributed by atoms with E-state index in [1.807, 2.05) is 0 Å². The van der Waals surface area contributed by atoms with Gasteiger partial charge in [0.2, 0.25) is 0 Å². The Morgan fingerprint density at radius 3 is 2.88 bits per heavy atom. The minimum atomic E-state index is 0.637. The number of ether oxygens (including phenoxy) is 1. The highest BCUT2D eigenvalue weighted by atomic mass is 16.5. The molecule has 3 atom stereocenters. The first-order chi connectivity index (χ1) is 7.79. The predicted molar refractivity (Wildman–Crippen MR) is 66.6 cm³/mol. The van der Waals surface area contributed by atoms with E-state index in [0.29, 0.717) is 6.04 Å². The van der Waals surface area contributed by atoms with Crippen molar-refractivity contribution in [3.05, 3.63) is 0 Å². The van der Waals surface area contributed by atoms with Gasteiger partial charge in [-0.25, -0.2) is 0 Å². The summed E-state index contributed by atoms with van der Waals surface area (Å²) in [4.78, 5) is 2.62. The second-order valence-electron chi connectivity index (χ2n) is 5.44. The Hall–Kier alpha value is -0.120. The first kappa shape index (κ1) is 12.3. The number of hydrogen-bond donors (Lipinski definition) is 1. The monoisotopic (exact) mass is 226 g/mol. The van der Waals surface area contributed by atoms with Gasteiger partial charge in [0.25, 0.3) is 0 Å². The third-order valence-corrected chi connectivity index (χ3v) is 3.96. The van der Waals surface area contributed by atoms with E-state index in [1.165, 1.54) is 32.5 Å². The molecule has 0 aromatic heterocycles. The third-order valence-electron chi connectivity index (χ3n) is 3.96. The van der Waals surface area contributed by atoms with E-state index >= 15 is 0 Å². The zero-order valence-corrected chi connectivity index (χ0v) is 10.7. The van der Waals surface area contributed by atoms with Gasteiger partial charge in [0, 0.05) is 31.7 Å². The van der Waals surface area contributed by atoms with Crippen molar-refractivity contribution in [2.45, 2.75) is 32.7 Å². The summed E-state index contributed by atoms with van der Waals surface area (Å²) in [6, 6.07) is 0.637. The molecule has 3 nitrogen and oxygen atoms in total. The summed E-state index contributed by atoms with van der Waals surface area (Å²) < 4.78 is 5.51. The van der Waals surface area contributed by atoms with Crippen LogP contribution in [0.5, 0.6) is 0 Å². The first-order valence-corrected chi connectivity index (χ1v) is 6.83. The molecule has 0 bridgehead atoms. The Morgan fingerprint density at radius 2 is 2.31 bits per heavy atom. The van der Waals surface area contributed by atoms with Crippen molar-refractivity contribution in [3.63, 3.8) is 0 Å². The Kier molecular flexibility index (Phi) is 4.62. The predicted octanol–water partition coefficient (Wildman–Crippen LogP) is 1.34. The van der Waals surface area contributed by atoms with Gasteiger partial charge in [-0.15, -0.1) is 0 Å². The van der Waals surface area contributed by atoms with Crippen LogP contribution < -0.4 is 5.32 Å². The Balaban J connectivity index is 1.81. The van der Waals surface area contributed by atoms with E-state index in [2.05, 4.69) is 24.1 Å². The van der Waals surface area contributed by atoms with Gasteiger partial charge >= 0.3 is 0 Å². The van der Waals surface area contributed by atoms with Crippen LogP contribution in [0.2, 0.25) is 0 Å². The van der Waals surface area contributed by atoms with E-state index in [4.69, 9.17) is 4.74 Å². The average Bonchev–Trinajstić information content (AvgIpc) is 2.88. The topological polar surface area (TPSA) is 24.5 Å².